The molecule has 2 N–H and O–H groups in total. The van der Waals surface area contributed by atoms with Crippen LogP contribution in [0.5, 0.6) is 23.0 Å². The predicted molar refractivity (Wildman–Crippen MR) is 291 cm³/mol. The van der Waals surface area contributed by atoms with E-state index >= 15 is 0 Å². The second-order valence-electron chi connectivity index (χ2n) is 21.6. The summed E-state index contributed by atoms with van der Waals surface area (Å²) in [6, 6.07) is 11.1. The molecule has 72 heavy (non-hydrogen) atoms. The van der Waals surface area contributed by atoms with Crippen molar-refractivity contribution in [1.82, 2.24) is 10.6 Å². The van der Waals surface area contributed by atoms with Crippen molar-refractivity contribution >= 4 is 23.8 Å². The molecular formula is C62H98N2O8. The number of benzene rings is 2. The lowest BCUT2D eigenvalue weighted by molar-refractivity contribution is -0.165. The Morgan fingerprint density at radius 1 is 0.403 bits per heavy atom. The normalized spacial score (nSPS) is 17.4. The summed E-state index contributed by atoms with van der Waals surface area (Å²) in [6.07, 6.45) is 44.6. The summed E-state index contributed by atoms with van der Waals surface area (Å²) in [5.74, 6) is -0.407. The number of amides is 2. The molecule has 2 aromatic rings. The van der Waals surface area contributed by atoms with Crippen LogP contribution < -0.4 is 29.6 Å². The largest absolute Gasteiger partial charge is 0.493 e. The minimum atomic E-state index is -0.612. The summed E-state index contributed by atoms with van der Waals surface area (Å²) in [7, 11) is 0. The predicted octanol–water partition coefficient (Wildman–Crippen LogP) is 15.7. The van der Waals surface area contributed by atoms with Gasteiger partial charge in [-0.3, -0.25) is 19.2 Å². The number of esters is 2. The smallest absolute Gasteiger partial charge is 0.315 e. The van der Waals surface area contributed by atoms with Crippen molar-refractivity contribution in [3.8, 4) is 23.0 Å². The number of carbonyl (C=O) groups is 4. The summed E-state index contributed by atoms with van der Waals surface area (Å²) in [4.78, 5) is 51.6. The minimum Gasteiger partial charge on any atom is -0.493 e. The number of hydrogen-bond acceptors (Lipinski definition) is 8. The Kier molecular flexibility index (Phi) is 29.4. The van der Waals surface area contributed by atoms with E-state index < -0.39 is 23.8 Å². The van der Waals surface area contributed by atoms with Crippen LogP contribution in [0.15, 0.2) is 36.4 Å². The molecule has 0 bridgehead atoms. The van der Waals surface area contributed by atoms with Gasteiger partial charge < -0.3 is 29.6 Å². The number of carbonyl (C=O) groups excluding carboxylic acids is 4. The van der Waals surface area contributed by atoms with E-state index in [0.29, 0.717) is 61.9 Å². The first-order chi connectivity index (χ1) is 35.4. The SMILES string of the molecule is CCCCCCCCCCCCCCCCCCNC(=O)CCCOc1ccc2c(c1)OC(=O)C1C3C(=O)Oc4cc(OCCCC(=O)NCCCCCCCCCCCCCCCCCC)ccc4C3C21. The Labute approximate surface area is 436 Å². The van der Waals surface area contributed by atoms with Crippen LogP contribution in [0.4, 0.5) is 0 Å². The van der Waals surface area contributed by atoms with Gasteiger partial charge in [0.15, 0.2) is 0 Å². The maximum atomic E-state index is 13.3. The van der Waals surface area contributed by atoms with Crippen molar-refractivity contribution < 1.29 is 38.1 Å². The molecule has 0 radical (unpaired) electrons. The molecular weight excluding hydrogens is 901 g/mol. The van der Waals surface area contributed by atoms with Gasteiger partial charge in [-0.2, -0.15) is 0 Å². The monoisotopic (exact) mass is 999 g/mol. The molecule has 4 unspecified atom stereocenters. The molecule has 0 saturated heterocycles. The fourth-order valence-electron chi connectivity index (χ4n) is 11.2. The molecule has 10 heteroatoms. The molecule has 2 aliphatic heterocycles. The van der Waals surface area contributed by atoms with Crippen LogP contribution in [0.1, 0.15) is 268 Å². The van der Waals surface area contributed by atoms with Crippen LogP contribution in [-0.2, 0) is 19.2 Å². The fraction of sp³-hybridized carbons (Fsp3) is 0.742. The highest BCUT2D eigenvalue weighted by Crippen LogP contribution is 2.65. The molecule has 1 aliphatic carbocycles. The van der Waals surface area contributed by atoms with Gasteiger partial charge in [-0.05, 0) is 48.9 Å². The van der Waals surface area contributed by atoms with Crippen LogP contribution in [0.25, 0.3) is 0 Å². The van der Waals surface area contributed by atoms with Crippen molar-refractivity contribution in [1.29, 1.82) is 0 Å². The van der Waals surface area contributed by atoms with E-state index in [1.165, 1.54) is 180 Å². The molecule has 0 aromatic heterocycles. The third kappa shape index (κ3) is 21.4. The van der Waals surface area contributed by atoms with Crippen LogP contribution in [0.3, 0.4) is 0 Å². The number of hydrogen-bond donors (Lipinski definition) is 2. The van der Waals surface area contributed by atoms with E-state index in [0.717, 1.165) is 49.9 Å². The summed E-state index contributed by atoms with van der Waals surface area (Å²) in [5, 5.41) is 6.12. The van der Waals surface area contributed by atoms with Crippen molar-refractivity contribution in [2.75, 3.05) is 26.3 Å². The third-order valence-corrected chi connectivity index (χ3v) is 15.5. The quantitative estimate of drug-likeness (QED) is 0.0381. The summed E-state index contributed by atoms with van der Waals surface area (Å²) >= 11 is 0. The molecule has 2 amide bonds. The Hall–Kier alpha value is -4.08. The molecule has 10 nitrogen and oxygen atoms in total. The lowest BCUT2D eigenvalue weighted by Gasteiger charge is -2.53. The topological polar surface area (TPSA) is 129 Å². The van der Waals surface area contributed by atoms with Gasteiger partial charge >= 0.3 is 11.9 Å². The van der Waals surface area contributed by atoms with Gasteiger partial charge in [0.25, 0.3) is 0 Å². The zero-order chi connectivity index (χ0) is 50.9. The number of fused-ring (bicyclic) bond motifs is 8. The average Bonchev–Trinajstić information content (AvgIpc) is 3.36. The molecule has 1 fully saturated rings. The van der Waals surface area contributed by atoms with Gasteiger partial charge in [0, 0.05) is 49.9 Å². The van der Waals surface area contributed by atoms with E-state index in [9.17, 15) is 19.2 Å². The van der Waals surface area contributed by atoms with Gasteiger partial charge in [-0.15, -0.1) is 0 Å². The first kappa shape index (κ1) is 58.8. The van der Waals surface area contributed by atoms with Crippen molar-refractivity contribution in [2.45, 2.75) is 257 Å². The summed E-state index contributed by atoms with van der Waals surface area (Å²) in [6.45, 7) is 6.73. The molecule has 404 valence electrons. The second kappa shape index (κ2) is 36.0. The second-order valence-corrected chi connectivity index (χ2v) is 21.6. The molecule has 4 atom stereocenters. The van der Waals surface area contributed by atoms with Crippen LogP contribution in [0.2, 0.25) is 0 Å². The van der Waals surface area contributed by atoms with E-state index in [2.05, 4.69) is 24.5 Å². The summed E-state index contributed by atoms with van der Waals surface area (Å²) in [5.41, 5.74) is 1.74. The van der Waals surface area contributed by atoms with E-state index in [4.69, 9.17) is 18.9 Å². The molecule has 5 rings (SSSR count). The maximum absolute atomic E-state index is 13.3. The number of nitrogens with one attached hydrogen (secondary N) is 2. The Morgan fingerprint density at radius 3 is 1.00 bits per heavy atom. The van der Waals surface area contributed by atoms with Crippen molar-refractivity contribution in [3.05, 3.63) is 47.5 Å². The van der Waals surface area contributed by atoms with Gasteiger partial charge in [0.05, 0.1) is 25.0 Å². The van der Waals surface area contributed by atoms with Crippen molar-refractivity contribution in [2.24, 2.45) is 11.8 Å². The van der Waals surface area contributed by atoms with Gasteiger partial charge in [-0.1, -0.05) is 219 Å². The highest BCUT2D eigenvalue weighted by Gasteiger charge is 2.64. The third-order valence-electron chi connectivity index (χ3n) is 15.5. The van der Waals surface area contributed by atoms with Gasteiger partial charge in [0.1, 0.15) is 23.0 Å². The van der Waals surface area contributed by atoms with Crippen LogP contribution in [0, 0.1) is 11.8 Å². The number of unbranched alkanes of at least 4 members (excludes halogenated alkanes) is 30. The number of rotatable bonds is 44. The van der Waals surface area contributed by atoms with Crippen LogP contribution >= 0.6 is 0 Å². The van der Waals surface area contributed by atoms with Gasteiger partial charge in [-0.25, -0.2) is 0 Å². The molecule has 0 spiro atoms. The lowest BCUT2D eigenvalue weighted by Crippen LogP contribution is -2.57. The number of ether oxygens (including phenoxy) is 4. The molecule has 1 saturated carbocycles. The Bertz CT molecular complexity index is 1720. The van der Waals surface area contributed by atoms with Crippen LogP contribution in [-0.4, -0.2) is 50.1 Å². The highest BCUT2D eigenvalue weighted by atomic mass is 16.5. The summed E-state index contributed by atoms with van der Waals surface area (Å²) < 4.78 is 23.6. The van der Waals surface area contributed by atoms with E-state index in [-0.39, 0.29) is 23.7 Å². The average molecular weight is 999 g/mol. The van der Waals surface area contributed by atoms with E-state index in [1.54, 1.807) is 12.1 Å². The molecule has 3 aliphatic rings. The zero-order valence-corrected chi connectivity index (χ0v) is 45.3. The molecule has 2 aromatic carbocycles. The Balaban J connectivity index is 0.887. The maximum Gasteiger partial charge on any atom is 0.315 e. The lowest BCUT2D eigenvalue weighted by atomic mass is 9.51. The van der Waals surface area contributed by atoms with Gasteiger partial charge in [0.2, 0.25) is 11.8 Å². The standard InChI is InChI=1S/C62H98N2O8/c1-3-5-7-9-11-13-15-17-19-21-23-25-27-29-31-33-43-63-55(65)37-35-45-69-49-39-41-51-53(47-49)71-61(67)59-57(51)58-52-42-40-50(48-54(52)72-62(68)60(58)59)70-46-36-38-56(66)64-44-34-32-30-28-26-24-22-20-18-16-14-12-10-8-6-4-2/h39-42,47-48,57-60H,3-38,43-46H2,1-2H3,(H,63,65)(H,64,66). The minimum absolute atomic E-state index is 0.0460. The zero-order valence-electron chi connectivity index (χ0n) is 45.3. The first-order valence-corrected chi connectivity index (χ1v) is 29.9. The fourth-order valence-corrected chi connectivity index (χ4v) is 11.2. The first-order valence-electron chi connectivity index (χ1n) is 29.9. The Morgan fingerprint density at radius 2 is 0.694 bits per heavy atom. The van der Waals surface area contributed by atoms with E-state index in [1.807, 2.05) is 24.3 Å². The van der Waals surface area contributed by atoms with Crippen molar-refractivity contribution in [3.63, 3.8) is 0 Å². The highest BCUT2D eigenvalue weighted by molar-refractivity contribution is 5.92. The molecule has 2 heterocycles.